The van der Waals surface area contributed by atoms with Crippen molar-refractivity contribution in [2.45, 2.75) is 271 Å². The van der Waals surface area contributed by atoms with Gasteiger partial charge >= 0.3 is 17.9 Å². The minimum atomic E-state index is -0.806. The largest absolute Gasteiger partial charge is 0.462 e. The third-order valence-electron chi connectivity index (χ3n) is 11.9. The summed E-state index contributed by atoms with van der Waals surface area (Å²) in [7, 11) is 0. The van der Waals surface area contributed by atoms with E-state index in [9.17, 15) is 14.4 Å². The Bertz CT molecular complexity index is 1300. The van der Waals surface area contributed by atoms with Crippen LogP contribution in [-0.4, -0.2) is 37.2 Å². The van der Waals surface area contributed by atoms with Gasteiger partial charge in [-0.25, -0.2) is 0 Å². The number of carbonyl (C=O) groups is 3. The van der Waals surface area contributed by atoms with Crippen LogP contribution in [-0.2, 0) is 28.6 Å². The van der Waals surface area contributed by atoms with E-state index in [-0.39, 0.29) is 37.5 Å². The maximum absolute atomic E-state index is 12.8. The first-order valence-corrected chi connectivity index (χ1v) is 28.1. The van der Waals surface area contributed by atoms with Crippen molar-refractivity contribution in [2.24, 2.45) is 0 Å². The van der Waals surface area contributed by atoms with Gasteiger partial charge in [-0.15, -0.1) is 0 Å². The Kier molecular flexibility index (Phi) is 52.4. The van der Waals surface area contributed by atoms with Gasteiger partial charge in [-0.1, -0.05) is 241 Å². The molecule has 0 aliphatic rings. The smallest absolute Gasteiger partial charge is 0.306 e. The van der Waals surface area contributed by atoms with Crippen molar-refractivity contribution in [3.05, 3.63) is 85.1 Å². The van der Waals surface area contributed by atoms with Crippen LogP contribution in [0, 0.1) is 0 Å². The second-order valence-electron chi connectivity index (χ2n) is 18.5. The number of esters is 3. The van der Waals surface area contributed by atoms with E-state index >= 15 is 0 Å². The minimum Gasteiger partial charge on any atom is -0.462 e. The van der Waals surface area contributed by atoms with Crippen LogP contribution in [0.15, 0.2) is 85.1 Å². The Balaban J connectivity index is 4.43. The number of rotatable bonds is 50. The van der Waals surface area contributed by atoms with Gasteiger partial charge in [0.25, 0.3) is 0 Å². The molecule has 0 aromatic heterocycles. The summed E-state index contributed by atoms with van der Waals surface area (Å²) in [6, 6.07) is 0. The molecular formula is C61H104O6. The van der Waals surface area contributed by atoms with Crippen LogP contribution >= 0.6 is 0 Å². The lowest BCUT2D eigenvalue weighted by molar-refractivity contribution is -0.166. The molecule has 0 fully saturated rings. The zero-order chi connectivity index (χ0) is 48.6. The Morgan fingerprint density at radius 3 is 0.955 bits per heavy atom. The van der Waals surface area contributed by atoms with Crippen molar-refractivity contribution < 1.29 is 28.6 Å². The summed E-state index contributed by atoms with van der Waals surface area (Å²) < 4.78 is 16.8. The summed E-state index contributed by atoms with van der Waals surface area (Å²) in [5.41, 5.74) is 0. The van der Waals surface area contributed by atoms with E-state index in [4.69, 9.17) is 14.2 Å². The Labute approximate surface area is 414 Å². The van der Waals surface area contributed by atoms with Crippen LogP contribution in [0.1, 0.15) is 265 Å². The van der Waals surface area contributed by atoms with Crippen molar-refractivity contribution >= 4 is 17.9 Å². The Morgan fingerprint density at radius 2 is 0.567 bits per heavy atom. The van der Waals surface area contributed by atoms with Crippen molar-refractivity contribution in [3.63, 3.8) is 0 Å². The third-order valence-corrected chi connectivity index (χ3v) is 11.9. The highest BCUT2D eigenvalue weighted by Gasteiger charge is 2.19. The molecule has 0 saturated heterocycles. The highest BCUT2D eigenvalue weighted by Crippen LogP contribution is 2.15. The summed E-state index contributed by atoms with van der Waals surface area (Å²) in [6.07, 6.45) is 71.5. The molecule has 384 valence electrons. The number of unbranched alkanes of at least 4 members (excludes halogenated alkanes) is 25. The van der Waals surface area contributed by atoms with E-state index in [0.717, 1.165) is 70.6 Å². The van der Waals surface area contributed by atoms with Gasteiger partial charge in [0.2, 0.25) is 0 Å². The lowest BCUT2D eigenvalue weighted by Crippen LogP contribution is -2.30. The summed E-state index contributed by atoms with van der Waals surface area (Å²) in [6.45, 7) is 6.52. The topological polar surface area (TPSA) is 78.9 Å². The molecule has 0 heterocycles. The van der Waals surface area contributed by atoms with Crippen molar-refractivity contribution in [1.82, 2.24) is 0 Å². The molecule has 0 saturated carbocycles. The first-order valence-electron chi connectivity index (χ1n) is 28.1. The van der Waals surface area contributed by atoms with E-state index in [2.05, 4.69) is 99.8 Å². The van der Waals surface area contributed by atoms with Crippen molar-refractivity contribution in [3.8, 4) is 0 Å². The lowest BCUT2D eigenvalue weighted by atomic mass is 10.1. The third kappa shape index (κ3) is 53.4. The zero-order valence-corrected chi connectivity index (χ0v) is 43.9. The summed E-state index contributed by atoms with van der Waals surface area (Å²) in [4.78, 5) is 38.0. The molecule has 0 bridgehead atoms. The van der Waals surface area contributed by atoms with Gasteiger partial charge in [-0.05, 0) is 89.9 Å². The Morgan fingerprint density at radius 1 is 0.299 bits per heavy atom. The van der Waals surface area contributed by atoms with Gasteiger partial charge in [-0.3, -0.25) is 14.4 Å². The van der Waals surface area contributed by atoms with Crippen LogP contribution in [0.5, 0.6) is 0 Å². The van der Waals surface area contributed by atoms with E-state index in [1.54, 1.807) is 0 Å². The summed E-state index contributed by atoms with van der Waals surface area (Å²) in [5.74, 6) is -0.987. The van der Waals surface area contributed by atoms with E-state index in [0.29, 0.717) is 19.3 Å². The molecule has 0 aromatic rings. The molecule has 0 aliphatic heterocycles. The minimum absolute atomic E-state index is 0.100. The first kappa shape index (κ1) is 63.6. The predicted molar refractivity (Wildman–Crippen MR) is 288 cm³/mol. The van der Waals surface area contributed by atoms with Crippen molar-refractivity contribution in [1.29, 1.82) is 0 Å². The van der Waals surface area contributed by atoms with Crippen molar-refractivity contribution in [2.75, 3.05) is 13.2 Å². The highest BCUT2D eigenvalue weighted by atomic mass is 16.6. The van der Waals surface area contributed by atoms with Crippen LogP contribution < -0.4 is 0 Å². The molecule has 6 nitrogen and oxygen atoms in total. The quantitative estimate of drug-likeness (QED) is 0.0262. The maximum atomic E-state index is 12.8. The average Bonchev–Trinajstić information content (AvgIpc) is 3.33. The maximum Gasteiger partial charge on any atom is 0.306 e. The van der Waals surface area contributed by atoms with E-state index in [1.807, 2.05) is 6.08 Å². The molecular weight excluding hydrogens is 829 g/mol. The molecule has 0 N–H and O–H groups in total. The Hall–Kier alpha value is -3.41. The fourth-order valence-corrected chi connectivity index (χ4v) is 7.63. The van der Waals surface area contributed by atoms with Crippen LogP contribution in [0.25, 0.3) is 0 Å². The molecule has 0 aromatic carbocycles. The number of hydrogen-bond acceptors (Lipinski definition) is 6. The highest BCUT2D eigenvalue weighted by molar-refractivity contribution is 5.71. The molecule has 67 heavy (non-hydrogen) atoms. The molecule has 0 rings (SSSR count). The molecule has 0 spiro atoms. The van der Waals surface area contributed by atoms with Gasteiger partial charge in [-0.2, -0.15) is 0 Å². The van der Waals surface area contributed by atoms with Gasteiger partial charge in [0.1, 0.15) is 13.2 Å². The molecule has 1 atom stereocenters. The number of hydrogen-bond donors (Lipinski definition) is 0. The fourth-order valence-electron chi connectivity index (χ4n) is 7.63. The molecule has 6 heteroatoms. The second kappa shape index (κ2) is 55.2. The number of carbonyl (C=O) groups excluding carboxylic acids is 3. The predicted octanol–water partition coefficient (Wildman–Crippen LogP) is 18.8. The number of allylic oxidation sites excluding steroid dienone is 14. The molecule has 0 radical (unpaired) electrons. The number of ether oxygens (including phenoxy) is 3. The van der Waals surface area contributed by atoms with Gasteiger partial charge in [0.15, 0.2) is 6.10 Å². The summed E-state index contributed by atoms with van der Waals surface area (Å²) >= 11 is 0. The van der Waals surface area contributed by atoms with Gasteiger partial charge in [0.05, 0.1) is 0 Å². The average molecular weight is 933 g/mol. The molecule has 0 unspecified atom stereocenters. The van der Waals surface area contributed by atoms with Gasteiger partial charge in [0, 0.05) is 19.3 Å². The summed E-state index contributed by atoms with van der Waals surface area (Å²) in [5, 5.41) is 0. The lowest BCUT2D eigenvalue weighted by Gasteiger charge is -2.18. The monoisotopic (exact) mass is 933 g/mol. The zero-order valence-electron chi connectivity index (χ0n) is 43.9. The second-order valence-corrected chi connectivity index (χ2v) is 18.5. The van der Waals surface area contributed by atoms with Gasteiger partial charge < -0.3 is 14.2 Å². The SMILES string of the molecule is CCCCC/C=C\C/C=C\C/C=C\C/C=C\C/C=C\CCC(=O)OC[C@H](COC(=O)CCCCCCCCCCC/C=C\C/C=C\CCCCC)OC(=O)CCCCCCCCCCCCC. The molecule has 0 aliphatic carbocycles. The standard InChI is InChI=1S/C61H104O6/c1-4-7-10-13-16-19-22-24-26-28-30-32-34-36-39-41-44-47-50-53-59(62)65-56-58(67-61(64)55-52-49-46-43-38-21-18-15-12-9-6-3)57-66-60(63)54-51-48-45-42-40-37-35-33-31-29-27-25-23-20-17-14-11-8-5-2/h16-17,19-20,24-27,30,32,36,39,44,47,58H,4-15,18,21-23,28-29,31,33-35,37-38,40-43,45-46,48-57H2,1-3H3/b19-16-,20-17-,26-24-,27-25-,32-30-,39-36-,47-44-/t58-/m1/s1. The van der Waals surface area contributed by atoms with E-state index in [1.165, 1.54) is 148 Å². The molecule has 0 amide bonds. The van der Waals surface area contributed by atoms with Crippen LogP contribution in [0.2, 0.25) is 0 Å². The van der Waals surface area contributed by atoms with Crippen LogP contribution in [0.3, 0.4) is 0 Å². The van der Waals surface area contributed by atoms with E-state index < -0.39 is 6.10 Å². The fraction of sp³-hybridized carbons (Fsp3) is 0.721. The normalized spacial score (nSPS) is 12.7. The van der Waals surface area contributed by atoms with Crippen LogP contribution in [0.4, 0.5) is 0 Å². The first-order chi connectivity index (χ1) is 33.0.